The number of aromatic nitrogens is 3. The molecule has 2 aromatic rings. The number of carbonyl (C=O) groups is 2. The molecule has 0 saturated carbocycles. The number of aliphatic carboxylic acids is 2. The number of carboxylic acids is 2. The maximum absolute atomic E-state index is 10.6. The highest BCUT2D eigenvalue weighted by Gasteiger charge is 2.44. The molecule has 4 heterocycles. The van der Waals surface area contributed by atoms with Crippen LogP contribution in [-0.4, -0.2) is 95.9 Å². The van der Waals surface area contributed by atoms with Crippen molar-refractivity contribution in [2.45, 2.75) is 18.5 Å². The van der Waals surface area contributed by atoms with Crippen LogP contribution in [0.4, 0.5) is 43.8 Å². The lowest BCUT2D eigenvalue weighted by Gasteiger charge is -2.22. The maximum atomic E-state index is 10.6. The predicted octanol–water partition coefficient (Wildman–Crippen LogP) is 2.77. The third-order valence-corrected chi connectivity index (χ3v) is 5.55. The fraction of sp³-hybridized carbons (Fsp3) is 0.500. The van der Waals surface area contributed by atoms with Gasteiger partial charge in [-0.15, -0.1) is 0 Å². The molecule has 11 nitrogen and oxygen atoms in total. The van der Waals surface area contributed by atoms with E-state index >= 15 is 0 Å². The number of ether oxygens (including phenoxy) is 1. The number of hydrogen-bond acceptors (Lipinski definition) is 9. The minimum Gasteiger partial charge on any atom is -0.475 e. The summed E-state index contributed by atoms with van der Waals surface area (Å²) in [6.45, 7) is 3.58. The van der Waals surface area contributed by atoms with Gasteiger partial charge in [0.25, 0.3) is 0 Å². The number of halogens is 6. The molecule has 0 aliphatic carbocycles. The number of alkyl halides is 6. The topological polar surface area (TPSA) is 141 Å². The van der Waals surface area contributed by atoms with Gasteiger partial charge in [0.15, 0.2) is 0 Å². The summed E-state index contributed by atoms with van der Waals surface area (Å²) in [4.78, 5) is 35.2. The summed E-state index contributed by atoms with van der Waals surface area (Å²) < 4.78 is 69.5. The average Bonchev–Trinajstić information content (AvgIpc) is 3.44. The van der Waals surface area contributed by atoms with Crippen molar-refractivity contribution in [3.05, 3.63) is 36.8 Å². The molecule has 2 aliphatic heterocycles. The monoisotopic (exact) mass is 568 g/mol. The summed E-state index contributed by atoms with van der Waals surface area (Å²) in [7, 11) is 3.99. The summed E-state index contributed by atoms with van der Waals surface area (Å²) in [5, 5.41) is 17.7. The highest BCUT2D eigenvalue weighted by atomic mass is 19.4. The van der Waals surface area contributed by atoms with Gasteiger partial charge in [-0.2, -0.15) is 26.3 Å². The van der Waals surface area contributed by atoms with E-state index in [1.54, 1.807) is 6.33 Å². The highest BCUT2D eigenvalue weighted by molar-refractivity contribution is 5.73. The Bertz CT molecular complexity index is 1070. The van der Waals surface area contributed by atoms with Crippen LogP contribution < -0.4 is 15.1 Å². The Labute approximate surface area is 218 Å². The molecular formula is C22H26F6N6O5. The molecule has 2 aliphatic rings. The SMILES string of the molecule is CN(C)c1cc(N2C[C@@H]3[C@@H](CNc4ccccn4)CO[C@@H]3C2)ncn1.O=C(O)C(F)(F)F.O=C(O)C(F)(F)F. The van der Waals surface area contributed by atoms with Gasteiger partial charge >= 0.3 is 24.3 Å². The van der Waals surface area contributed by atoms with E-state index in [1.807, 2.05) is 49.5 Å². The normalized spacial score (nSPS) is 20.1. The van der Waals surface area contributed by atoms with E-state index in [4.69, 9.17) is 24.5 Å². The molecule has 2 fully saturated rings. The van der Waals surface area contributed by atoms with Gasteiger partial charge in [-0.25, -0.2) is 24.5 Å². The number of nitrogens with one attached hydrogen (secondary N) is 1. The molecule has 0 bridgehead atoms. The number of rotatable bonds is 5. The lowest BCUT2D eigenvalue weighted by molar-refractivity contribution is -0.193. The zero-order valence-electron chi connectivity index (χ0n) is 20.6. The van der Waals surface area contributed by atoms with Crippen LogP contribution in [0.2, 0.25) is 0 Å². The van der Waals surface area contributed by atoms with Gasteiger partial charge < -0.3 is 30.1 Å². The number of pyridine rings is 1. The molecule has 216 valence electrons. The van der Waals surface area contributed by atoms with Crippen LogP contribution in [0.5, 0.6) is 0 Å². The molecule has 3 N–H and O–H groups in total. The summed E-state index contributed by atoms with van der Waals surface area (Å²) >= 11 is 0. The largest absolute Gasteiger partial charge is 0.490 e. The van der Waals surface area contributed by atoms with Crippen LogP contribution in [0, 0.1) is 11.8 Å². The molecule has 0 radical (unpaired) electrons. The van der Waals surface area contributed by atoms with Gasteiger partial charge in [0.2, 0.25) is 0 Å². The Morgan fingerprint density at radius 1 is 1.05 bits per heavy atom. The van der Waals surface area contributed by atoms with Gasteiger partial charge in [-0.1, -0.05) is 6.07 Å². The van der Waals surface area contributed by atoms with E-state index in [0.29, 0.717) is 11.8 Å². The average molecular weight is 568 g/mol. The third kappa shape index (κ3) is 9.73. The first-order valence-corrected chi connectivity index (χ1v) is 11.2. The summed E-state index contributed by atoms with van der Waals surface area (Å²) in [6.07, 6.45) is -6.43. The molecular weight excluding hydrogens is 542 g/mol. The summed E-state index contributed by atoms with van der Waals surface area (Å²) in [6, 6.07) is 7.97. The minimum atomic E-state index is -5.08. The van der Waals surface area contributed by atoms with Gasteiger partial charge in [0.1, 0.15) is 23.8 Å². The van der Waals surface area contributed by atoms with Crippen LogP contribution in [0.1, 0.15) is 0 Å². The Kier molecular flexibility index (Phi) is 10.6. The molecule has 0 spiro atoms. The van der Waals surface area contributed by atoms with Crippen molar-refractivity contribution in [2.24, 2.45) is 11.8 Å². The third-order valence-electron chi connectivity index (χ3n) is 5.55. The lowest BCUT2D eigenvalue weighted by atomic mass is 9.93. The van der Waals surface area contributed by atoms with E-state index in [1.165, 1.54) is 0 Å². The predicted molar refractivity (Wildman–Crippen MR) is 125 cm³/mol. The van der Waals surface area contributed by atoms with Crippen LogP contribution in [0.25, 0.3) is 0 Å². The van der Waals surface area contributed by atoms with Crippen molar-refractivity contribution in [3.63, 3.8) is 0 Å². The van der Waals surface area contributed by atoms with Crippen molar-refractivity contribution < 1.29 is 50.9 Å². The first-order valence-electron chi connectivity index (χ1n) is 11.2. The van der Waals surface area contributed by atoms with Crippen molar-refractivity contribution >= 4 is 29.4 Å². The fourth-order valence-electron chi connectivity index (χ4n) is 3.65. The van der Waals surface area contributed by atoms with Crippen molar-refractivity contribution in [3.8, 4) is 0 Å². The first-order chi connectivity index (χ1) is 18.1. The Morgan fingerprint density at radius 2 is 1.67 bits per heavy atom. The molecule has 39 heavy (non-hydrogen) atoms. The van der Waals surface area contributed by atoms with E-state index in [2.05, 4.69) is 25.2 Å². The number of carboxylic acid groups (broad SMARTS) is 2. The van der Waals surface area contributed by atoms with Crippen LogP contribution in [0.3, 0.4) is 0 Å². The number of nitrogens with zero attached hydrogens (tertiary/aromatic N) is 5. The molecule has 0 aromatic carbocycles. The van der Waals surface area contributed by atoms with E-state index in [-0.39, 0.29) is 6.10 Å². The second-order valence-corrected chi connectivity index (χ2v) is 8.53. The zero-order chi connectivity index (χ0) is 29.4. The van der Waals surface area contributed by atoms with E-state index in [9.17, 15) is 26.3 Å². The van der Waals surface area contributed by atoms with Crippen LogP contribution in [0.15, 0.2) is 36.8 Å². The first kappa shape index (κ1) is 31.3. The highest BCUT2D eigenvalue weighted by Crippen LogP contribution is 2.35. The standard InChI is InChI=1S/C18H24N6O.2C2HF3O2/c1-23(2)17-7-18(22-12-21-17)24-9-14-13(11-25-15(14)10-24)8-20-16-5-3-4-6-19-16;2*3-2(4,5)1(6)7/h3-7,12-15H,8-11H2,1-2H3,(H,19,20);2*(H,6,7)/t13-,14+,15+;;/m0../s1. The lowest BCUT2D eigenvalue weighted by Crippen LogP contribution is -2.28. The Balaban J connectivity index is 0.000000317. The number of hydrogen-bond donors (Lipinski definition) is 3. The van der Waals surface area contributed by atoms with Gasteiger partial charge in [-0.3, -0.25) is 0 Å². The Hall–Kier alpha value is -3.89. The Morgan fingerprint density at radius 3 is 2.18 bits per heavy atom. The maximum Gasteiger partial charge on any atom is 0.490 e. The zero-order valence-corrected chi connectivity index (χ0v) is 20.6. The molecule has 2 saturated heterocycles. The second kappa shape index (κ2) is 13.3. The molecule has 3 atom stereocenters. The quantitative estimate of drug-likeness (QED) is 0.459. The molecule has 4 rings (SSSR count). The molecule has 0 amide bonds. The van der Waals surface area contributed by atoms with Gasteiger partial charge in [0.05, 0.1) is 12.7 Å². The minimum absolute atomic E-state index is 0.285. The smallest absolute Gasteiger partial charge is 0.475 e. The molecule has 2 aromatic heterocycles. The number of anilines is 3. The summed E-state index contributed by atoms with van der Waals surface area (Å²) in [5.74, 6) is -1.67. The van der Waals surface area contributed by atoms with Crippen LogP contribution in [-0.2, 0) is 14.3 Å². The van der Waals surface area contributed by atoms with Gasteiger partial charge in [-0.05, 0) is 12.1 Å². The van der Waals surface area contributed by atoms with Crippen molar-refractivity contribution in [1.82, 2.24) is 15.0 Å². The molecule has 17 heteroatoms. The van der Waals surface area contributed by atoms with Crippen LogP contribution >= 0.6 is 0 Å². The fourth-order valence-corrected chi connectivity index (χ4v) is 3.65. The van der Waals surface area contributed by atoms with E-state index < -0.39 is 24.3 Å². The van der Waals surface area contributed by atoms with Gasteiger partial charge in [0, 0.05) is 57.8 Å². The van der Waals surface area contributed by atoms with Crippen molar-refractivity contribution in [2.75, 3.05) is 55.5 Å². The van der Waals surface area contributed by atoms with Crippen molar-refractivity contribution in [1.29, 1.82) is 0 Å². The van der Waals surface area contributed by atoms with E-state index in [0.717, 1.165) is 43.7 Å². The second-order valence-electron chi connectivity index (χ2n) is 8.53. The number of fused-ring (bicyclic) bond motifs is 1. The molecule has 0 unspecified atom stereocenters. The summed E-state index contributed by atoms with van der Waals surface area (Å²) in [5.41, 5.74) is 0.